The summed E-state index contributed by atoms with van der Waals surface area (Å²) in [6, 6.07) is 6.76. The molecular formula is C17H24FNO2. The number of para-hydroxylation sites is 1. The van der Waals surface area contributed by atoms with Crippen LogP contribution in [0.5, 0.6) is 0 Å². The number of hydrogen-bond acceptors (Lipinski definition) is 3. The lowest BCUT2D eigenvalue weighted by atomic mass is 9.91. The molecule has 0 aliphatic carbocycles. The van der Waals surface area contributed by atoms with Crippen molar-refractivity contribution in [2.24, 2.45) is 0 Å². The standard InChI is InChI=1S/C17H24FNO2/c1-5-17(4,20-7-3)16(19-6-2)14-11-12-9-8-10-13(18)15(12)21-14/h8-11,16,19H,5-7H2,1-4H3. The maximum Gasteiger partial charge on any atom is 0.169 e. The molecule has 0 fully saturated rings. The Morgan fingerprint density at radius 1 is 1.33 bits per heavy atom. The first-order chi connectivity index (χ1) is 10.1. The van der Waals surface area contributed by atoms with Crippen LogP contribution in [0.4, 0.5) is 4.39 Å². The van der Waals surface area contributed by atoms with Gasteiger partial charge in [0.25, 0.3) is 0 Å². The molecule has 1 N–H and O–H groups in total. The Balaban J connectivity index is 2.46. The molecule has 3 nitrogen and oxygen atoms in total. The van der Waals surface area contributed by atoms with Gasteiger partial charge in [-0.3, -0.25) is 0 Å². The van der Waals surface area contributed by atoms with Crippen LogP contribution in [0.2, 0.25) is 0 Å². The second-order valence-electron chi connectivity index (χ2n) is 5.40. The van der Waals surface area contributed by atoms with Crippen LogP contribution in [-0.2, 0) is 4.74 Å². The number of likely N-dealkylation sites (N-methyl/N-ethyl adjacent to an activating group) is 1. The zero-order chi connectivity index (χ0) is 15.5. The van der Waals surface area contributed by atoms with E-state index < -0.39 is 5.60 Å². The van der Waals surface area contributed by atoms with Crippen molar-refractivity contribution < 1.29 is 13.5 Å². The second-order valence-corrected chi connectivity index (χ2v) is 5.40. The Labute approximate surface area is 125 Å². The molecule has 0 amide bonds. The van der Waals surface area contributed by atoms with Crippen LogP contribution in [0.3, 0.4) is 0 Å². The van der Waals surface area contributed by atoms with Gasteiger partial charge in [0, 0.05) is 12.0 Å². The lowest BCUT2D eigenvalue weighted by Gasteiger charge is -2.36. The molecule has 2 unspecified atom stereocenters. The normalized spacial score (nSPS) is 16.0. The zero-order valence-corrected chi connectivity index (χ0v) is 13.2. The van der Waals surface area contributed by atoms with Gasteiger partial charge < -0.3 is 14.5 Å². The number of hydrogen-bond donors (Lipinski definition) is 1. The maximum absolute atomic E-state index is 13.8. The highest BCUT2D eigenvalue weighted by atomic mass is 19.1. The van der Waals surface area contributed by atoms with Gasteiger partial charge in [0.05, 0.1) is 11.6 Å². The molecule has 0 saturated carbocycles. The molecule has 4 heteroatoms. The van der Waals surface area contributed by atoms with E-state index in [1.54, 1.807) is 6.07 Å². The van der Waals surface area contributed by atoms with Gasteiger partial charge in [-0.05, 0) is 38.9 Å². The second kappa shape index (κ2) is 6.58. The van der Waals surface area contributed by atoms with Gasteiger partial charge in [-0.1, -0.05) is 26.0 Å². The van der Waals surface area contributed by atoms with Gasteiger partial charge >= 0.3 is 0 Å². The molecular weight excluding hydrogens is 269 g/mol. The van der Waals surface area contributed by atoms with Crippen LogP contribution in [-0.4, -0.2) is 18.8 Å². The summed E-state index contributed by atoms with van der Waals surface area (Å²) in [7, 11) is 0. The Bertz CT molecular complexity index is 595. The van der Waals surface area contributed by atoms with Crippen LogP contribution in [0, 0.1) is 5.82 Å². The molecule has 0 saturated heterocycles. The largest absolute Gasteiger partial charge is 0.456 e. The van der Waals surface area contributed by atoms with E-state index in [1.165, 1.54) is 6.07 Å². The zero-order valence-electron chi connectivity index (χ0n) is 13.2. The summed E-state index contributed by atoms with van der Waals surface area (Å²) in [6.07, 6.45) is 0.831. The average Bonchev–Trinajstić information content (AvgIpc) is 2.90. The Kier molecular flexibility index (Phi) is 5.01. The van der Waals surface area contributed by atoms with Crippen LogP contribution < -0.4 is 5.32 Å². The number of fused-ring (bicyclic) bond motifs is 1. The Hall–Kier alpha value is -1.39. The maximum atomic E-state index is 13.8. The molecule has 0 spiro atoms. The van der Waals surface area contributed by atoms with E-state index in [0.717, 1.165) is 24.1 Å². The highest BCUT2D eigenvalue weighted by Crippen LogP contribution is 2.35. The Morgan fingerprint density at radius 2 is 2.10 bits per heavy atom. The number of furan rings is 1. The smallest absolute Gasteiger partial charge is 0.169 e. The van der Waals surface area contributed by atoms with E-state index in [-0.39, 0.29) is 11.9 Å². The predicted octanol–water partition coefficient (Wildman–Crippen LogP) is 4.43. The fourth-order valence-corrected chi connectivity index (χ4v) is 2.73. The summed E-state index contributed by atoms with van der Waals surface area (Å²) >= 11 is 0. The number of halogens is 1. The Morgan fingerprint density at radius 3 is 2.67 bits per heavy atom. The van der Waals surface area contributed by atoms with Crippen molar-refractivity contribution in [3.8, 4) is 0 Å². The summed E-state index contributed by atoms with van der Waals surface area (Å²) in [5.41, 5.74) is -0.0832. The van der Waals surface area contributed by atoms with Crippen molar-refractivity contribution in [1.82, 2.24) is 5.32 Å². The molecule has 0 radical (unpaired) electrons. The minimum Gasteiger partial charge on any atom is -0.456 e. The molecule has 116 valence electrons. The predicted molar refractivity (Wildman–Crippen MR) is 82.9 cm³/mol. The van der Waals surface area contributed by atoms with E-state index in [2.05, 4.69) is 19.2 Å². The molecule has 2 atom stereocenters. The topological polar surface area (TPSA) is 34.4 Å². The van der Waals surface area contributed by atoms with Gasteiger partial charge in [0.15, 0.2) is 11.4 Å². The molecule has 1 aromatic heterocycles. The summed E-state index contributed by atoms with van der Waals surface area (Å²) in [5, 5.41) is 4.19. The van der Waals surface area contributed by atoms with E-state index in [4.69, 9.17) is 9.15 Å². The van der Waals surface area contributed by atoms with Gasteiger partial charge in [0.2, 0.25) is 0 Å². The number of rotatable bonds is 7. The van der Waals surface area contributed by atoms with E-state index in [1.807, 2.05) is 26.0 Å². The molecule has 21 heavy (non-hydrogen) atoms. The quantitative estimate of drug-likeness (QED) is 0.820. The van der Waals surface area contributed by atoms with Crippen molar-refractivity contribution in [2.75, 3.05) is 13.2 Å². The molecule has 0 aliphatic rings. The summed E-state index contributed by atoms with van der Waals surface area (Å²) in [5.74, 6) is 0.387. The van der Waals surface area contributed by atoms with E-state index >= 15 is 0 Å². The third kappa shape index (κ3) is 3.11. The van der Waals surface area contributed by atoms with Crippen molar-refractivity contribution in [3.05, 3.63) is 35.8 Å². The van der Waals surface area contributed by atoms with Crippen molar-refractivity contribution in [1.29, 1.82) is 0 Å². The highest BCUT2D eigenvalue weighted by molar-refractivity contribution is 5.78. The molecule has 2 aromatic rings. The lowest BCUT2D eigenvalue weighted by Crippen LogP contribution is -2.43. The summed E-state index contributed by atoms with van der Waals surface area (Å²) in [6.45, 7) is 9.58. The first-order valence-corrected chi connectivity index (χ1v) is 7.61. The highest BCUT2D eigenvalue weighted by Gasteiger charge is 2.36. The fraction of sp³-hybridized carbons (Fsp3) is 0.529. The van der Waals surface area contributed by atoms with Crippen molar-refractivity contribution >= 4 is 11.0 Å². The summed E-state index contributed by atoms with van der Waals surface area (Å²) < 4.78 is 25.6. The lowest BCUT2D eigenvalue weighted by molar-refractivity contribution is -0.0602. The molecule has 2 rings (SSSR count). The van der Waals surface area contributed by atoms with Gasteiger partial charge in [-0.15, -0.1) is 0 Å². The van der Waals surface area contributed by atoms with Crippen LogP contribution in [0.15, 0.2) is 28.7 Å². The SMILES string of the molecule is CCNC(c1cc2cccc(F)c2o1)C(C)(CC)OCC. The number of ether oxygens (including phenoxy) is 1. The minimum absolute atomic E-state index is 0.112. The number of nitrogens with one attached hydrogen (secondary N) is 1. The monoisotopic (exact) mass is 293 g/mol. The van der Waals surface area contributed by atoms with Crippen molar-refractivity contribution in [2.45, 2.75) is 45.8 Å². The number of benzene rings is 1. The van der Waals surface area contributed by atoms with Crippen LogP contribution >= 0.6 is 0 Å². The van der Waals surface area contributed by atoms with Crippen LogP contribution in [0.1, 0.15) is 45.9 Å². The minimum atomic E-state index is -0.394. The third-order valence-corrected chi connectivity index (χ3v) is 3.99. The molecule has 0 aliphatic heterocycles. The first-order valence-electron chi connectivity index (χ1n) is 7.61. The average molecular weight is 293 g/mol. The van der Waals surface area contributed by atoms with Crippen molar-refractivity contribution in [3.63, 3.8) is 0 Å². The van der Waals surface area contributed by atoms with Crippen LogP contribution in [0.25, 0.3) is 11.0 Å². The first kappa shape index (κ1) is 16.0. The molecule has 1 heterocycles. The fourth-order valence-electron chi connectivity index (χ4n) is 2.73. The van der Waals surface area contributed by atoms with E-state index in [0.29, 0.717) is 12.2 Å². The van der Waals surface area contributed by atoms with E-state index in [9.17, 15) is 4.39 Å². The third-order valence-electron chi connectivity index (χ3n) is 3.99. The van der Waals surface area contributed by atoms with Gasteiger partial charge in [-0.2, -0.15) is 0 Å². The summed E-state index contributed by atoms with van der Waals surface area (Å²) in [4.78, 5) is 0. The van der Waals surface area contributed by atoms with Gasteiger partial charge in [0.1, 0.15) is 5.76 Å². The molecule has 0 bridgehead atoms. The molecule has 1 aromatic carbocycles. The van der Waals surface area contributed by atoms with Gasteiger partial charge in [-0.25, -0.2) is 4.39 Å².